The summed E-state index contributed by atoms with van der Waals surface area (Å²) in [5, 5.41) is 3.46. The van der Waals surface area contributed by atoms with E-state index in [1.807, 2.05) is 48.7 Å². The van der Waals surface area contributed by atoms with Crippen molar-refractivity contribution in [1.29, 1.82) is 0 Å². The highest BCUT2D eigenvalue weighted by Crippen LogP contribution is 2.28. The largest absolute Gasteiger partial charge is 0.298 e. The molecule has 0 unspecified atom stereocenters. The van der Waals surface area contributed by atoms with E-state index in [1.165, 1.54) is 11.3 Å². The molecule has 0 saturated heterocycles. The smallest absolute Gasteiger partial charge is 0.257 e. The number of nitrogens with zero attached hydrogens (tertiary/aromatic N) is 1. The first-order valence-corrected chi connectivity index (χ1v) is 9.00. The summed E-state index contributed by atoms with van der Waals surface area (Å²) in [5.41, 5.74) is 1.52. The van der Waals surface area contributed by atoms with E-state index in [0.29, 0.717) is 10.7 Å². The quantitative estimate of drug-likeness (QED) is 0.649. The van der Waals surface area contributed by atoms with Gasteiger partial charge >= 0.3 is 0 Å². The van der Waals surface area contributed by atoms with E-state index in [9.17, 15) is 4.79 Å². The lowest BCUT2D eigenvalue weighted by Gasteiger charge is -2.02. The summed E-state index contributed by atoms with van der Waals surface area (Å²) >= 11 is 6.55. The second-order valence-electron chi connectivity index (χ2n) is 4.31. The van der Waals surface area contributed by atoms with Crippen LogP contribution in [0.25, 0.3) is 10.2 Å². The molecule has 1 amide bonds. The molecule has 0 aliphatic heterocycles. The average Bonchev–Trinajstić information content (AvgIpc) is 2.88. The maximum atomic E-state index is 12.2. The van der Waals surface area contributed by atoms with Gasteiger partial charge in [-0.25, -0.2) is 4.98 Å². The van der Waals surface area contributed by atoms with Gasteiger partial charge < -0.3 is 0 Å². The Labute approximate surface area is 138 Å². The topological polar surface area (TPSA) is 42.0 Å². The third-order valence-corrected chi connectivity index (χ3v) is 5.09. The van der Waals surface area contributed by atoms with E-state index in [4.69, 9.17) is 0 Å². The van der Waals surface area contributed by atoms with Gasteiger partial charge in [-0.3, -0.25) is 10.1 Å². The Morgan fingerprint density at radius 2 is 2.00 bits per heavy atom. The molecule has 0 aliphatic rings. The van der Waals surface area contributed by atoms with Gasteiger partial charge in [0.25, 0.3) is 5.91 Å². The molecule has 1 aromatic heterocycles. The Kier molecular flexibility index (Phi) is 4.28. The highest BCUT2D eigenvalue weighted by atomic mass is 79.9. The molecule has 1 N–H and O–H groups in total. The summed E-state index contributed by atoms with van der Waals surface area (Å²) in [4.78, 5) is 17.7. The van der Waals surface area contributed by atoms with Crippen LogP contribution < -0.4 is 5.32 Å². The van der Waals surface area contributed by atoms with Crippen LogP contribution in [0.5, 0.6) is 0 Å². The molecule has 0 atom stereocenters. The van der Waals surface area contributed by atoms with Crippen molar-refractivity contribution in [3.63, 3.8) is 0 Å². The number of hydrogen-bond donors (Lipinski definition) is 1. The normalized spacial score (nSPS) is 10.8. The van der Waals surface area contributed by atoms with Crippen LogP contribution in [-0.4, -0.2) is 17.1 Å². The summed E-state index contributed by atoms with van der Waals surface area (Å²) in [7, 11) is 0. The molecule has 0 bridgehead atoms. The zero-order valence-electron chi connectivity index (χ0n) is 11.1. The minimum absolute atomic E-state index is 0.138. The molecule has 21 heavy (non-hydrogen) atoms. The van der Waals surface area contributed by atoms with Gasteiger partial charge in [-0.1, -0.05) is 27.3 Å². The number of anilines is 1. The number of fused-ring (bicyclic) bond motifs is 1. The van der Waals surface area contributed by atoms with Crippen LogP contribution in [0.4, 0.5) is 5.13 Å². The maximum absolute atomic E-state index is 12.2. The molecular weight excluding hydrogens is 368 g/mol. The maximum Gasteiger partial charge on any atom is 0.257 e. The fraction of sp³-hybridized carbons (Fsp3) is 0.0667. The molecule has 0 aliphatic carbocycles. The summed E-state index contributed by atoms with van der Waals surface area (Å²) in [6.07, 6.45) is 2.01. The number of carbonyl (C=O) groups excluding carboxylic acids is 1. The zero-order valence-corrected chi connectivity index (χ0v) is 14.3. The van der Waals surface area contributed by atoms with Crippen molar-refractivity contribution >= 4 is 60.3 Å². The van der Waals surface area contributed by atoms with Crippen LogP contribution in [0.15, 0.2) is 51.8 Å². The van der Waals surface area contributed by atoms with E-state index in [2.05, 4.69) is 26.2 Å². The molecule has 0 spiro atoms. The molecule has 0 saturated carbocycles. The van der Waals surface area contributed by atoms with Crippen molar-refractivity contribution in [3.8, 4) is 0 Å². The van der Waals surface area contributed by atoms with Gasteiger partial charge in [0.15, 0.2) is 5.13 Å². The lowest BCUT2D eigenvalue weighted by atomic mass is 10.2. The molecule has 0 radical (unpaired) electrons. The summed E-state index contributed by atoms with van der Waals surface area (Å²) in [6.45, 7) is 0. The molecule has 1 heterocycles. The first-order valence-electron chi connectivity index (χ1n) is 6.17. The molecule has 6 heteroatoms. The molecule has 3 nitrogen and oxygen atoms in total. The minimum atomic E-state index is -0.138. The number of carbonyl (C=O) groups is 1. The molecule has 3 rings (SSSR count). The number of nitrogens with one attached hydrogen (secondary N) is 1. The SMILES string of the molecule is CSc1ccc(C(=O)Nc2nc3ccc(Br)cc3s2)cc1. The number of thiazole rings is 1. The number of rotatable bonds is 3. The van der Waals surface area contributed by atoms with Crippen LogP contribution in [0.1, 0.15) is 10.4 Å². The summed E-state index contributed by atoms with van der Waals surface area (Å²) in [6, 6.07) is 13.4. The standard InChI is InChI=1S/C15H11BrN2OS2/c1-20-11-5-2-9(3-6-11)14(19)18-15-17-12-7-4-10(16)8-13(12)21-15/h2-8H,1H3,(H,17,18,19). The van der Waals surface area contributed by atoms with Gasteiger partial charge in [0, 0.05) is 14.9 Å². The zero-order chi connectivity index (χ0) is 14.8. The second-order valence-corrected chi connectivity index (χ2v) is 7.14. The number of aromatic nitrogens is 1. The fourth-order valence-corrected chi connectivity index (χ4v) is 3.68. The highest BCUT2D eigenvalue weighted by Gasteiger charge is 2.10. The van der Waals surface area contributed by atoms with Crippen molar-refractivity contribution in [2.45, 2.75) is 4.90 Å². The van der Waals surface area contributed by atoms with Crippen LogP contribution in [0, 0.1) is 0 Å². The van der Waals surface area contributed by atoms with Crippen molar-refractivity contribution in [2.75, 3.05) is 11.6 Å². The van der Waals surface area contributed by atoms with Crippen LogP contribution >= 0.6 is 39.0 Å². The Hall–Kier alpha value is -1.37. The summed E-state index contributed by atoms with van der Waals surface area (Å²) < 4.78 is 2.04. The third-order valence-electron chi connectivity index (χ3n) is 2.92. The lowest BCUT2D eigenvalue weighted by molar-refractivity contribution is 0.102. The predicted molar refractivity (Wildman–Crippen MR) is 93.5 cm³/mol. The third kappa shape index (κ3) is 3.28. The van der Waals surface area contributed by atoms with Gasteiger partial charge in [0.1, 0.15) is 0 Å². The molecular formula is C15H11BrN2OS2. The monoisotopic (exact) mass is 378 g/mol. The van der Waals surface area contributed by atoms with Gasteiger partial charge in [-0.2, -0.15) is 0 Å². The predicted octanol–water partition coefficient (Wildman–Crippen LogP) is 5.03. The number of hydrogen-bond acceptors (Lipinski definition) is 4. The lowest BCUT2D eigenvalue weighted by Crippen LogP contribution is -2.11. The number of amides is 1. The number of thioether (sulfide) groups is 1. The summed E-state index contributed by atoms with van der Waals surface area (Å²) in [5.74, 6) is -0.138. The molecule has 0 fully saturated rings. The van der Waals surface area contributed by atoms with Crippen molar-refractivity contribution in [3.05, 3.63) is 52.5 Å². The first-order chi connectivity index (χ1) is 10.2. The van der Waals surface area contributed by atoms with Gasteiger partial charge in [0.2, 0.25) is 0 Å². The Morgan fingerprint density at radius 3 is 2.71 bits per heavy atom. The first kappa shape index (κ1) is 14.6. The fourth-order valence-electron chi connectivity index (χ4n) is 1.86. The Balaban J connectivity index is 1.81. The van der Waals surface area contributed by atoms with E-state index in [0.717, 1.165) is 19.6 Å². The minimum Gasteiger partial charge on any atom is -0.298 e. The van der Waals surface area contributed by atoms with E-state index in [-0.39, 0.29) is 5.91 Å². The number of benzene rings is 2. The van der Waals surface area contributed by atoms with E-state index in [1.54, 1.807) is 11.8 Å². The van der Waals surface area contributed by atoms with Crippen molar-refractivity contribution in [2.24, 2.45) is 0 Å². The molecule has 2 aromatic carbocycles. The van der Waals surface area contributed by atoms with E-state index < -0.39 is 0 Å². The average molecular weight is 379 g/mol. The van der Waals surface area contributed by atoms with Crippen molar-refractivity contribution in [1.82, 2.24) is 4.98 Å². The Morgan fingerprint density at radius 1 is 1.24 bits per heavy atom. The van der Waals surface area contributed by atoms with Crippen LogP contribution in [-0.2, 0) is 0 Å². The number of halogens is 1. The molecule has 3 aromatic rings. The van der Waals surface area contributed by atoms with Gasteiger partial charge in [-0.15, -0.1) is 11.8 Å². The molecule has 106 valence electrons. The van der Waals surface area contributed by atoms with Gasteiger partial charge in [0.05, 0.1) is 10.2 Å². The van der Waals surface area contributed by atoms with Gasteiger partial charge in [-0.05, 0) is 48.7 Å². The van der Waals surface area contributed by atoms with Crippen molar-refractivity contribution < 1.29 is 4.79 Å². The second kappa shape index (κ2) is 6.17. The highest BCUT2D eigenvalue weighted by molar-refractivity contribution is 9.10. The van der Waals surface area contributed by atoms with E-state index >= 15 is 0 Å². The van der Waals surface area contributed by atoms with Crippen LogP contribution in [0.2, 0.25) is 0 Å². The van der Waals surface area contributed by atoms with Crippen LogP contribution in [0.3, 0.4) is 0 Å². The Bertz CT molecular complexity index is 799.